The van der Waals surface area contributed by atoms with Crippen LogP contribution in [0.5, 0.6) is 0 Å². The molecule has 0 saturated carbocycles. The molecule has 0 radical (unpaired) electrons. The van der Waals surface area contributed by atoms with Gasteiger partial charge in [0, 0.05) is 48.8 Å². The number of fused-ring (bicyclic) bond motifs is 11. The van der Waals surface area contributed by atoms with Gasteiger partial charge in [-0.1, -0.05) is 121 Å². The fourth-order valence-electron chi connectivity index (χ4n) is 8.76. The van der Waals surface area contributed by atoms with Crippen LogP contribution in [0.3, 0.4) is 0 Å². The Morgan fingerprint density at radius 1 is 0.474 bits per heavy atom. The predicted molar refractivity (Wildman–Crippen MR) is 233 cm³/mol. The first-order valence-electron chi connectivity index (χ1n) is 18.9. The minimum absolute atomic E-state index is 0.616. The maximum Gasteiger partial charge on any atom is 0.180 e. The van der Waals surface area contributed by atoms with Gasteiger partial charge < -0.3 is 13.4 Å². The normalized spacial score (nSPS) is 11.8. The van der Waals surface area contributed by atoms with Gasteiger partial charge in [-0.05, 0) is 65.7 Å². The van der Waals surface area contributed by atoms with Crippen LogP contribution >= 0.6 is 0 Å². The van der Waals surface area contributed by atoms with E-state index in [1.807, 2.05) is 42.5 Å². The molecule has 57 heavy (non-hydrogen) atoms. The third-order valence-corrected chi connectivity index (χ3v) is 11.3. The molecular formula is C52H29N3O2. The smallest absolute Gasteiger partial charge is 0.180 e. The number of nitrogens with zero attached hydrogens (tertiary/aromatic N) is 3. The van der Waals surface area contributed by atoms with Crippen molar-refractivity contribution in [3.8, 4) is 51.8 Å². The molecule has 0 spiro atoms. The minimum Gasteiger partial charge on any atom is -0.455 e. The van der Waals surface area contributed by atoms with E-state index in [-0.39, 0.29) is 0 Å². The summed E-state index contributed by atoms with van der Waals surface area (Å²) >= 11 is 0. The fraction of sp³-hybridized carbons (Fsp3) is 0. The number of aromatic nitrogens is 3. The van der Waals surface area contributed by atoms with Crippen LogP contribution in [0.15, 0.2) is 179 Å². The van der Waals surface area contributed by atoms with E-state index in [2.05, 4.69) is 138 Å². The van der Waals surface area contributed by atoms with E-state index < -0.39 is 0 Å². The average molecular weight is 728 g/mol. The Morgan fingerprint density at radius 2 is 1.11 bits per heavy atom. The topological polar surface area (TPSA) is 57.0 Å². The molecule has 0 unspecified atom stereocenters. The van der Waals surface area contributed by atoms with E-state index >= 15 is 0 Å². The van der Waals surface area contributed by atoms with Crippen molar-refractivity contribution in [2.24, 2.45) is 0 Å². The van der Waals surface area contributed by atoms with Crippen molar-refractivity contribution in [3.63, 3.8) is 0 Å². The van der Waals surface area contributed by atoms with E-state index in [4.69, 9.17) is 25.2 Å². The van der Waals surface area contributed by atoms with Gasteiger partial charge in [-0.2, -0.15) is 0 Å². The van der Waals surface area contributed by atoms with Gasteiger partial charge >= 0.3 is 0 Å². The van der Waals surface area contributed by atoms with Gasteiger partial charge in [-0.3, -0.25) is 0 Å². The highest BCUT2D eigenvalue weighted by Crippen LogP contribution is 2.43. The van der Waals surface area contributed by atoms with Crippen molar-refractivity contribution < 1.29 is 8.83 Å². The SMILES string of the molecule is C#Cc1c(-n2c3ccccc3c3c(-c4nc(-c5cccc(-c6ccccc6)c5)c5oc6ccccc6c5n4)cccc32)ccc2c1ccc1c3ccccc3oc21. The lowest BCUT2D eigenvalue weighted by Gasteiger charge is -2.13. The molecule has 5 nitrogen and oxygen atoms in total. The zero-order valence-electron chi connectivity index (χ0n) is 30.4. The van der Waals surface area contributed by atoms with Gasteiger partial charge in [0.1, 0.15) is 28.0 Å². The summed E-state index contributed by atoms with van der Waals surface area (Å²) in [6, 6.07) is 58.4. The van der Waals surface area contributed by atoms with E-state index in [0.717, 1.165) is 110 Å². The quantitative estimate of drug-likeness (QED) is 0.169. The summed E-state index contributed by atoms with van der Waals surface area (Å²) in [6.45, 7) is 0. The van der Waals surface area contributed by atoms with Crippen molar-refractivity contribution in [1.29, 1.82) is 0 Å². The second-order valence-corrected chi connectivity index (χ2v) is 14.4. The van der Waals surface area contributed by atoms with Crippen molar-refractivity contribution in [3.05, 3.63) is 175 Å². The van der Waals surface area contributed by atoms with Crippen LogP contribution in [0.1, 0.15) is 5.56 Å². The van der Waals surface area contributed by atoms with Crippen molar-refractivity contribution in [2.75, 3.05) is 0 Å². The third kappa shape index (κ3) is 4.59. The van der Waals surface area contributed by atoms with Crippen LogP contribution in [0.25, 0.3) is 116 Å². The molecule has 0 amide bonds. The van der Waals surface area contributed by atoms with E-state index in [1.54, 1.807) is 0 Å². The summed E-state index contributed by atoms with van der Waals surface area (Å²) in [6.07, 6.45) is 6.44. The summed E-state index contributed by atoms with van der Waals surface area (Å²) < 4.78 is 15.3. The van der Waals surface area contributed by atoms with Gasteiger partial charge in [-0.25, -0.2) is 9.97 Å². The predicted octanol–water partition coefficient (Wildman–Crippen LogP) is 13.5. The molecule has 5 heteroatoms. The van der Waals surface area contributed by atoms with Crippen molar-refractivity contribution in [2.45, 2.75) is 0 Å². The number of benzene rings is 8. The monoisotopic (exact) mass is 727 g/mol. The number of rotatable bonds is 4. The molecule has 0 aliphatic heterocycles. The van der Waals surface area contributed by atoms with Crippen LogP contribution in [-0.2, 0) is 0 Å². The summed E-state index contributed by atoms with van der Waals surface area (Å²) in [5.74, 6) is 3.70. The number of furan rings is 2. The maximum atomic E-state index is 6.54. The Bertz CT molecular complexity index is 3660. The summed E-state index contributed by atoms with van der Waals surface area (Å²) in [7, 11) is 0. The molecule has 0 aliphatic rings. The van der Waals surface area contributed by atoms with Gasteiger partial charge in [0.15, 0.2) is 11.4 Å². The lowest BCUT2D eigenvalue weighted by atomic mass is 10.00. The Morgan fingerprint density at radius 3 is 1.96 bits per heavy atom. The maximum absolute atomic E-state index is 6.54. The van der Waals surface area contributed by atoms with Crippen molar-refractivity contribution in [1.82, 2.24) is 14.5 Å². The molecule has 0 aliphatic carbocycles. The molecule has 0 fully saturated rings. The molecule has 264 valence electrons. The second-order valence-electron chi connectivity index (χ2n) is 14.4. The standard InChI is InChI=1S/C52H29N3O2/c1-2-34-35-26-27-38-36-18-7-10-24-45(36)56-50(38)37(35)28-29-43(34)55-42-22-9-6-19-39(42)47-41(21-13-23-44(47)55)52-53-48(51-49(54-52)40-20-8-11-25-46(40)57-51)33-17-12-16-32(30-33)31-14-4-3-5-15-31/h1,3-30H. The van der Waals surface area contributed by atoms with Gasteiger partial charge in [0.2, 0.25) is 0 Å². The number of hydrogen-bond acceptors (Lipinski definition) is 4. The highest BCUT2D eigenvalue weighted by Gasteiger charge is 2.23. The highest BCUT2D eigenvalue weighted by molar-refractivity contribution is 6.18. The molecule has 0 atom stereocenters. The molecule has 4 aromatic heterocycles. The van der Waals surface area contributed by atoms with Gasteiger partial charge in [0.25, 0.3) is 0 Å². The number of terminal acetylenes is 1. The number of para-hydroxylation sites is 3. The zero-order chi connectivity index (χ0) is 37.6. The Kier molecular flexibility index (Phi) is 6.63. The first-order chi connectivity index (χ1) is 28.2. The molecule has 0 saturated heterocycles. The Balaban J connectivity index is 1.12. The highest BCUT2D eigenvalue weighted by atomic mass is 16.3. The first-order valence-corrected chi connectivity index (χ1v) is 18.9. The van der Waals surface area contributed by atoms with Gasteiger partial charge in [-0.15, -0.1) is 6.42 Å². The lowest BCUT2D eigenvalue weighted by molar-refractivity contribution is 0.667. The fourth-order valence-corrected chi connectivity index (χ4v) is 8.76. The molecular weight excluding hydrogens is 699 g/mol. The Labute approximate surface area is 326 Å². The summed E-state index contributed by atoms with van der Waals surface area (Å²) in [5.41, 5.74) is 12.5. The second kappa shape index (κ2) is 12.0. The zero-order valence-corrected chi connectivity index (χ0v) is 30.4. The molecule has 8 aromatic carbocycles. The van der Waals surface area contributed by atoms with E-state index in [1.165, 1.54) is 0 Å². The average Bonchev–Trinajstić information content (AvgIpc) is 3.96. The Hall–Kier alpha value is -7.94. The van der Waals surface area contributed by atoms with Crippen LogP contribution in [0.4, 0.5) is 0 Å². The number of hydrogen-bond donors (Lipinski definition) is 0. The molecule has 12 rings (SSSR count). The van der Waals surface area contributed by atoms with Crippen molar-refractivity contribution >= 4 is 76.6 Å². The van der Waals surface area contributed by atoms with E-state index in [9.17, 15) is 0 Å². The lowest BCUT2D eigenvalue weighted by Crippen LogP contribution is -1.99. The molecule has 12 aromatic rings. The van der Waals surface area contributed by atoms with Crippen LogP contribution in [0, 0.1) is 12.3 Å². The van der Waals surface area contributed by atoms with Gasteiger partial charge in [0.05, 0.1) is 22.3 Å². The van der Waals surface area contributed by atoms with Crippen LogP contribution in [-0.4, -0.2) is 14.5 Å². The molecule has 0 bridgehead atoms. The van der Waals surface area contributed by atoms with Crippen LogP contribution in [0.2, 0.25) is 0 Å². The first kappa shape index (κ1) is 31.4. The van der Waals surface area contributed by atoms with Crippen LogP contribution < -0.4 is 0 Å². The minimum atomic E-state index is 0.616. The van der Waals surface area contributed by atoms with E-state index in [0.29, 0.717) is 11.4 Å². The molecule has 0 N–H and O–H groups in total. The summed E-state index contributed by atoms with van der Waals surface area (Å²) in [5, 5.41) is 7.17. The third-order valence-electron chi connectivity index (χ3n) is 11.3. The summed E-state index contributed by atoms with van der Waals surface area (Å²) in [4.78, 5) is 10.7. The largest absolute Gasteiger partial charge is 0.455 e. The molecule has 4 heterocycles.